The lowest BCUT2D eigenvalue weighted by Crippen LogP contribution is -2.16. The van der Waals surface area contributed by atoms with Crippen LogP contribution in [0.1, 0.15) is 43.4 Å². The quantitative estimate of drug-likeness (QED) is 0.272. The van der Waals surface area contributed by atoms with Gasteiger partial charge in [0, 0.05) is 20.5 Å². The minimum Gasteiger partial charge on any atom is -0.489 e. The zero-order valence-electron chi connectivity index (χ0n) is 18.9. The Bertz CT molecular complexity index is 890. The highest BCUT2D eigenvalue weighted by Crippen LogP contribution is 2.22. The van der Waals surface area contributed by atoms with Crippen molar-refractivity contribution in [2.24, 2.45) is 0 Å². The van der Waals surface area contributed by atoms with Gasteiger partial charge in [0.1, 0.15) is 22.5 Å². The number of aldehydes is 1. The van der Waals surface area contributed by atoms with E-state index in [1.165, 1.54) is 17.3 Å². The van der Waals surface area contributed by atoms with Crippen LogP contribution in [0.2, 0.25) is 0 Å². The van der Waals surface area contributed by atoms with E-state index >= 15 is 0 Å². The zero-order chi connectivity index (χ0) is 23.2. The SMILES string of the molecule is CCCC(C)=O.Cc1cccc(COc2ccc(/C=C(/C=O)SC(=S)N(C)C)cc2)c1. The molecule has 0 aliphatic rings. The standard InChI is InChI=1S/C20H21NO2S2.C5H10O/c1-15-5-4-6-17(11-15)14-23-18-9-7-16(8-10-18)12-19(13-22)25-20(24)21(2)3;1-3-4-5(2)6/h4-13H,14H2,1-3H3;3-4H2,1-2H3/b19-12-;. The fourth-order valence-corrected chi connectivity index (χ4v) is 3.34. The maximum Gasteiger partial charge on any atom is 0.156 e. The molecule has 0 heterocycles. The molecular formula is C25H31NO3S2. The smallest absolute Gasteiger partial charge is 0.156 e. The van der Waals surface area contributed by atoms with Gasteiger partial charge in [0.15, 0.2) is 6.29 Å². The largest absolute Gasteiger partial charge is 0.489 e. The monoisotopic (exact) mass is 457 g/mol. The van der Waals surface area contributed by atoms with Crippen molar-refractivity contribution < 1.29 is 14.3 Å². The summed E-state index contributed by atoms with van der Waals surface area (Å²) >= 11 is 6.50. The molecule has 166 valence electrons. The Morgan fingerprint density at radius 1 is 1.16 bits per heavy atom. The molecular weight excluding hydrogens is 426 g/mol. The van der Waals surface area contributed by atoms with E-state index in [0.29, 0.717) is 15.8 Å². The van der Waals surface area contributed by atoms with Crippen molar-refractivity contribution in [1.29, 1.82) is 0 Å². The van der Waals surface area contributed by atoms with Crippen LogP contribution in [0, 0.1) is 6.92 Å². The van der Waals surface area contributed by atoms with Gasteiger partial charge in [0.05, 0.1) is 4.91 Å². The molecule has 0 N–H and O–H groups in total. The molecule has 0 aromatic heterocycles. The molecule has 6 heteroatoms. The molecule has 2 aromatic carbocycles. The molecule has 0 amide bonds. The Morgan fingerprint density at radius 3 is 2.32 bits per heavy atom. The van der Waals surface area contributed by atoms with Gasteiger partial charge in [-0.25, -0.2) is 0 Å². The van der Waals surface area contributed by atoms with E-state index < -0.39 is 0 Å². The van der Waals surface area contributed by atoms with Crippen LogP contribution in [0.15, 0.2) is 53.4 Å². The second kappa shape index (κ2) is 14.5. The number of carbonyl (C=O) groups excluding carboxylic acids is 2. The number of rotatable bonds is 8. The highest BCUT2D eigenvalue weighted by Gasteiger charge is 2.05. The number of allylic oxidation sites excluding steroid dienone is 1. The molecule has 0 saturated heterocycles. The van der Waals surface area contributed by atoms with Crippen LogP contribution in [0.4, 0.5) is 0 Å². The van der Waals surface area contributed by atoms with Crippen LogP contribution in [0.25, 0.3) is 6.08 Å². The van der Waals surface area contributed by atoms with Crippen LogP contribution in [-0.4, -0.2) is 35.4 Å². The summed E-state index contributed by atoms with van der Waals surface area (Å²) < 4.78 is 6.46. The molecule has 2 aromatic rings. The molecule has 0 unspecified atom stereocenters. The van der Waals surface area contributed by atoms with Gasteiger partial charge >= 0.3 is 0 Å². The predicted octanol–water partition coefficient (Wildman–Crippen LogP) is 6.07. The summed E-state index contributed by atoms with van der Waals surface area (Å²) in [5.74, 6) is 1.08. The fourth-order valence-electron chi connectivity index (χ4n) is 2.42. The number of thiocarbonyl (C=S) groups is 1. The van der Waals surface area contributed by atoms with E-state index in [1.54, 1.807) is 11.8 Å². The first kappa shape index (κ1) is 26.6. The van der Waals surface area contributed by atoms with Gasteiger partial charge in [0.25, 0.3) is 0 Å². The number of thioether (sulfide) groups is 1. The second-order valence-electron chi connectivity index (χ2n) is 7.23. The van der Waals surface area contributed by atoms with E-state index in [9.17, 15) is 9.59 Å². The van der Waals surface area contributed by atoms with Crippen molar-refractivity contribution in [3.63, 3.8) is 0 Å². The van der Waals surface area contributed by atoms with Crippen molar-refractivity contribution >= 4 is 46.4 Å². The number of Topliss-reactive ketones (excluding diaryl/α,β-unsaturated/α-hetero) is 1. The van der Waals surface area contributed by atoms with Gasteiger partial charge in [-0.05, 0) is 49.6 Å². The maximum atomic E-state index is 11.2. The van der Waals surface area contributed by atoms with Crippen molar-refractivity contribution in [3.8, 4) is 5.75 Å². The number of ketones is 1. The first-order valence-corrected chi connectivity index (χ1v) is 11.3. The number of hydrogen-bond donors (Lipinski definition) is 0. The minimum atomic E-state index is 0.289. The Kier molecular flexibility index (Phi) is 12.5. The summed E-state index contributed by atoms with van der Waals surface area (Å²) in [4.78, 5) is 23.7. The summed E-state index contributed by atoms with van der Waals surface area (Å²) in [6, 6.07) is 15.9. The highest BCUT2D eigenvalue weighted by molar-refractivity contribution is 8.26. The average molecular weight is 458 g/mol. The lowest BCUT2D eigenvalue weighted by atomic mass is 10.1. The summed E-state index contributed by atoms with van der Waals surface area (Å²) in [5, 5.41) is 0. The molecule has 0 aliphatic carbocycles. The summed E-state index contributed by atoms with van der Waals surface area (Å²) in [7, 11) is 3.72. The first-order valence-electron chi connectivity index (χ1n) is 10.1. The first-order chi connectivity index (χ1) is 14.7. The summed E-state index contributed by atoms with van der Waals surface area (Å²) in [6.45, 7) is 6.21. The maximum absolute atomic E-state index is 11.2. The molecule has 0 spiro atoms. The van der Waals surface area contributed by atoms with E-state index in [1.807, 2.05) is 63.5 Å². The molecule has 31 heavy (non-hydrogen) atoms. The molecule has 0 aliphatic heterocycles. The van der Waals surface area contributed by atoms with Crippen LogP contribution >= 0.6 is 24.0 Å². The second-order valence-corrected chi connectivity index (χ2v) is 8.93. The summed E-state index contributed by atoms with van der Waals surface area (Å²) in [5.41, 5.74) is 3.29. The molecule has 2 rings (SSSR count). The molecule has 4 nitrogen and oxygen atoms in total. The lowest BCUT2D eigenvalue weighted by molar-refractivity contribution is -0.117. The van der Waals surface area contributed by atoms with E-state index in [0.717, 1.165) is 36.0 Å². The molecule has 0 bridgehead atoms. The third-order valence-corrected chi connectivity index (χ3v) is 5.57. The summed E-state index contributed by atoms with van der Waals surface area (Å²) in [6.07, 6.45) is 4.36. The molecule has 0 radical (unpaired) electrons. The predicted molar refractivity (Wildman–Crippen MR) is 135 cm³/mol. The number of aryl methyl sites for hydroxylation is 1. The fraction of sp³-hybridized carbons (Fsp3) is 0.320. The van der Waals surface area contributed by atoms with Crippen LogP contribution in [0.5, 0.6) is 5.75 Å². The molecule has 0 fully saturated rings. The van der Waals surface area contributed by atoms with Crippen LogP contribution < -0.4 is 4.74 Å². The number of hydrogen-bond acceptors (Lipinski definition) is 5. The molecule has 0 atom stereocenters. The van der Waals surface area contributed by atoms with Crippen molar-refractivity contribution in [2.75, 3.05) is 14.1 Å². The van der Waals surface area contributed by atoms with Gasteiger partial charge < -0.3 is 14.4 Å². The van der Waals surface area contributed by atoms with Gasteiger partial charge in [-0.15, -0.1) is 0 Å². The Hall–Kier alpha value is -2.44. The number of nitrogens with zero attached hydrogens (tertiary/aromatic N) is 1. The van der Waals surface area contributed by atoms with E-state index in [-0.39, 0.29) is 5.78 Å². The normalized spacial score (nSPS) is 10.5. The number of ether oxygens (including phenoxy) is 1. The van der Waals surface area contributed by atoms with Crippen LogP contribution in [0.3, 0.4) is 0 Å². The van der Waals surface area contributed by atoms with E-state index in [4.69, 9.17) is 17.0 Å². The van der Waals surface area contributed by atoms with Crippen molar-refractivity contribution in [3.05, 3.63) is 70.1 Å². The van der Waals surface area contributed by atoms with Crippen LogP contribution in [-0.2, 0) is 16.2 Å². The van der Waals surface area contributed by atoms with Crippen molar-refractivity contribution in [2.45, 2.75) is 40.2 Å². The Labute approximate surface area is 195 Å². The Morgan fingerprint density at radius 2 is 1.84 bits per heavy atom. The third-order valence-electron chi connectivity index (χ3n) is 3.97. The Balaban J connectivity index is 0.000000703. The van der Waals surface area contributed by atoms with Gasteiger partial charge in [0.2, 0.25) is 0 Å². The van der Waals surface area contributed by atoms with Gasteiger partial charge in [-0.3, -0.25) is 4.79 Å². The van der Waals surface area contributed by atoms with Gasteiger partial charge in [-0.1, -0.05) is 72.9 Å². The lowest BCUT2D eigenvalue weighted by Gasteiger charge is -2.12. The van der Waals surface area contributed by atoms with Crippen molar-refractivity contribution in [1.82, 2.24) is 4.90 Å². The number of carbonyl (C=O) groups is 2. The molecule has 0 saturated carbocycles. The van der Waals surface area contributed by atoms with E-state index in [2.05, 4.69) is 19.1 Å². The average Bonchev–Trinajstić information content (AvgIpc) is 2.73. The van der Waals surface area contributed by atoms with Gasteiger partial charge in [-0.2, -0.15) is 0 Å². The topological polar surface area (TPSA) is 46.6 Å². The third kappa shape index (κ3) is 11.5. The minimum absolute atomic E-state index is 0.289. The zero-order valence-corrected chi connectivity index (χ0v) is 20.5. The number of benzene rings is 2. The highest BCUT2D eigenvalue weighted by atomic mass is 32.2.